The van der Waals surface area contributed by atoms with Gasteiger partial charge in [-0.3, -0.25) is 9.89 Å². The van der Waals surface area contributed by atoms with Crippen molar-refractivity contribution in [2.75, 3.05) is 5.32 Å². The molecule has 5 nitrogen and oxygen atoms in total. The maximum absolute atomic E-state index is 13.3. The average Bonchev–Trinajstić information content (AvgIpc) is 2.93. The number of carbonyl (C=O) groups is 1. The first kappa shape index (κ1) is 16.6. The van der Waals surface area contributed by atoms with Gasteiger partial charge in [-0.25, -0.2) is 8.78 Å². The van der Waals surface area contributed by atoms with Crippen LogP contribution in [-0.2, 0) is 11.2 Å². The second-order valence-corrected chi connectivity index (χ2v) is 5.47. The molecular weight excluding hydrogens is 328 g/mol. The van der Waals surface area contributed by atoms with Crippen LogP contribution < -0.4 is 10.1 Å². The van der Waals surface area contributed by atoms with Crippen LogP contribution in [0, 0.1) is 18.6 Å². The van der Waals surface area contributed by atoms with Gasteiger partial charge in [0.1, 0.15) is 17.4 Å². The summed E-state index contributed by atoms with van der Waals surface area (Å²) in [5.41, 5.74) is 1.87. The Kier molecular flexibility index (Phi) is 4.74. The van der Waals surface area contributed by atoms with Crippen molar-refractivity contribution in [3.8, 4) is 11.5 Å². The molecule has 0 atom stereocenters. The number of ether oxygens (including phenoxy) is 1. The van der Waals surface area contributed by atoms with Gasteiger partial charge in [-0.2, -0.15) is 5.10 Å². The van der Waals surface area contributed by atoms with Crippen LogP contribution in [0.5, 0.6) is 11.5 Å². The number of rotatable bonds is 5. The quantitative estimate of drug-likeness (QED) is 0.737. The Bertz CT molecular complexity index is 889. The molecule has 0 saturated heterocycles. The van der Waals surface area contributed by atoms with Crippen LogP contribution in [0.2, 0.25) is 0 Å². The number of carbonyl (C=O) groups excluding carboxylic acids is 1. The van der Waals surface area contributed by atoms with Crippen LogP contribution in [0.15, 0.2) is 48.5 Å². The smallest absolute Gasteiger partial charge is 0.230 e. The molecule has 0 radical (unpaired) electrons. The predicted octanol–water partition coefficient (Wildman–Crippen LogP) is 3.97. The summed E-state index contributed by atoms with van der Waals surface area (Å²) in [4.78, 5) is 12.2. The van der Waals surface area contributed by atoms with Gasteiger partial charge in [-0.05, 0) is 25.1 Å². The number of para-hydroxylation sites is 2. The molecule has 0 aliphatic carbocycles. The lowest BCUT2D eigenvalue weighted by atomic mass is 10.2. The number of aromatic nitrogens is 2. The third kappa shape index (κ3) is 4.41. The van der Waals surface area contributed by atoms with Gasteiger partial charge in [0.2, 0.25) is 5.91 Å². The molecule has 2 N–H and O–H groups in total. The van der Waals surface area contributed by atoms with E-state index in [4.69, 9.17) is 4.74 Å². The minimum absolute atomic E-state index is 0.00197. The van der Waals surface area contributed by atoms with Crippen LogP contribution in [0.4, 0.5) is 14.5 Å². The van der Waals surface area contributed by atoms with E-state index < -0.39 is 11.6 Å². The number of nitrogens with one attached hydrogen (secondary N) is 2. The van der Waals surface area contributed by atoms with E-state index in [0.717, 1.165) is 23.9 Å². The molecule has 0 fully saturated rings. The highest BCUT2D eigenvalue weighted by atomic mass is 19.1. The summed E-state index contributed by atoms with van der Waals surface area (Å²) >= 11 is 0. The van der Waals surface area contributed by atoms with Crippen molar-refractivity contribution in [3.63, 3.8) is 0 Å². The third-order valence-corrected chi connectivity index (χ3v) is 3.33. The highest BCUT2D eigenvalue weighted by Gasteiger charge is 2.11. The lowest BCUT2D eigenvalue weighted by Crippen LogP contribution is -2.15. The molecule has 0 bridgehead atoms. The second-order valence-electron chi connectivity index (χ2n) is 5.47. The van der Waals surface area contributed by atoms with E-state index >= 15 is 0 Å². The zero-order valence-electron chi connectivity index (χ0n) is 13.3. The minimum atomic E-state index is -0.745. The summed E-state index contributed by atoms with van der Waals surface area (Å²) in [5, 5.41) is 9.49. The first-order chi connectivity index (χ1) is 12.0. The first-order valence-corrected chi connectivity index (χ1v) is 7.53. The molecule has 3 aromatic rings. The van der Waals surface area contributed by atoms with Gasteiger partial charge < -0.3 is 10.1 Å². The van der Waals surface area contributed by atoms with E-state index in [1.165, 1.54) is 0 Å². The van der Waals surface area contributed by atoms with E-state index in [-0.39, 0.29) is 23.8 Å². The number of aryl methyl sites for hydroxylation is 1. The van der Waals surface area contributed by atoms with Crippen LogP contribution in [0.1, 0.15) is 11.4 Å². The van der Waals surface area contributed by atoms with Crippen LogP contribution in [0.25, 0.3) is 0 Å². The molecule has 0 spiro atoms. The van der Waals surface area contributed by atoms with E-state index in [2.05, 4.69) is 15.5 Å². The Balaban J connectivity index is 1.75. The number of benzene rings is 2. The molecule has 25 heavy (non-hydrogen) atoms. The lowest BCUT2D eigenvalue weighted by Gasteiger charge is -2.12. The van der Waals surface area contributed by atoms with E-state index in [1.54, 1.807) is 30.3 Å². The van der Waals surface area contributed by atoms with Gasteiger partial charge in [0.25, 0.3) is 0 Å². The molecule has 2 aromatic carbocycles. The summed E-state index contributed by atoms with van der Waals surface area (Å²) < 4.78 is 32.1. The number of hydrogen-bond acceptors (Lipinski definition) is 3. The molecule has 128 valence electrons. The van der Waals surface area contributed by atoms with E-state index in [0.29, 0.717) is 11.4 Å². The fourth-order valence-electron chi connectivity index (χ4n) is 2.30. The minimum Gasteiger partial charge on any atom is -0.455 e. The summed E-state index contributed by atoms with van der Waals surface area (Å²) in [6.07, 6.45) is 0.0905. The molecule has 1 amide bonds. The Morgan fingerprint density at radius 3 is 2.56 bits per heavy atom. The van der Waals surface area contributed by atoms with Crippen molar-refractivity contribution in [3.05, 3.63) is 71.6 Å². The van der Waals surface area contributed by atoms with Crippen molar-refractivity contribution in [1.29, 1.82) is 0 Å². The van der Waals surface area contributed by atoms with Crippen LogP contribution in [-0.4, -0.2) is 16.1 Å². The highest BCUT2D eigenvalue weighted by molar-refractivity contribution is 5.93. The van der Waals surface area contributed by atoms with Gasteiger partial charge in [0.15, 0.2) is 5.75 Å². The van der Waals surface area contributed by atoms with Gasteiger partial charge >= 0.3 is 0 Å². The number of H-pyrrole nitrogens is 1. The van der Waals surface area contributed by atoms with Gasteiger partial charge in [0.05, 0.1) is 17.8 Å². The molecule has 3 rings (SSSR count). The molecule has 1 aromatic heterocycles. The number of hydrogen-bond donors (Lipinski definition) is 2. The van der Waals surface area contributed by atoms with Crippen molar-refractivity contribution < 1.29 is 18.3 Å². The van der Waals surface area contributed by atoms with E-state index in [1.807, 2.05) is 6.92 Å². The SMILES string of the molecule is Cc1cc(CC(=O)Nc2ccccc2Oc2cc(F)cc(F)c2)n[nH]1. The maximum atomic E-state index is 13.3. The van der Waals surface area contributed by atoms with Crippen LogP contribution >= 0.6 is 0 Å². The monoisotopic (exact) mass is 343 g/mol. The maximum Gasteiger partial charge on any atom is 0.230 e. The Morgan fingerprint density at radius 2 is 1.88 bits per heavy atom. The van der Waals surface area contributed by atoms with Gasteiger partial charge in [-0.15, -0.1) is 0 Å². The fourth-order valence-corrected chi connectivity index (χ4v) is 2.30. The summed E-state index contributed by atoms with van der Waals surface area (Å²) in [6.45, 7) is 1.84. The van der Waals surface area contributed by atoms with Crippen LogP contribution in [0.3, 0.4) is 0 Å². The van der Waals surface area contributed by atoms with Gasteiger partial charge in [0, 0.05) is 23.9 Å². The van der Waals surface area contributed by atoms with Crippen molar-refractivity contribution in [2.24, 2.45) is 0 Å². The first-order valence-electron chi connectivity index (χ1n) is 7.53. The van der Waals surface area contributed by atoms with Crippen molar-refractivity contribution in [1.82, 2.24) is 10.2 Å². The number of anilines is 1. The fraction of sp³-hybridized carbons (Fsp3) is 0.111. The summed E-state index contributed by atoms with van der Waals surface area (Å²) in [7, 11) is 0. The Labute approximate surface area is 142 Å². The predicted molar refractivity (Wildman–Crippen MR) is 88.5 cm³/mol. The van der Waals surface area contributed by atoms with E-state index in [9.17, 15) is 13.6 Å². The molecule has 7 heteroatoms. The van der Waals surface area contributed by atoms with Gasteiger partial charge in [-0.1, -0.05) is 12.1 Å². The molecular formula is C18H15F2N3O2. The Hall–Kier alpha value is -3.22. The zero-order chi connectivity index (χ0) is 17.8. The largest absolute Gasteiger partial charge is 0.455 e. The number of amides is 1. The van der Waals surface area contributed by atoms with Crippen molar-refractivity contribution >= 4 is 11.6 Å². The summed E-state index contributed by atoms with van der Waals surface area (Å²) in [6, 6.07) is 11.3. The number of aromatic amines is 1. The standard InChI is InChI=1S/C18H15F2N3O2/c1-11-6-14(23-22-11)10-18(24)21-16-4-2-3-5-17(16)25-15-8-12(19)7-13(20)9-15/h2-9H,10H2,1H3,(H,21,24)(H,22,23). The molecule has 0 aliphatic rings. The Morgan fingerprint density at radius 1 is 1.16 bits per heavy atom. The summed E-state index contributed by atoms with van der Waals surface area (Å²) in [5.74, 6) is -1.50. The van der Waals surface area contributed by atoms with Crippen molar-refractivity contribution in [2.45, 2.75) is 13.3 Å². The molecule has 1 heterocycles. The zero-order valence-corrected chi connectivity index (χ0v) is 13.3. The normalized spacial score (nSPS) is 10.5. The second kappa shape index (κ2) is 7.12. The topological polar surface area (TPSA) is 67.0 Å². The number of nitrogens with zero attached hydrogens (tertiary/aromatic N) is 1. The lowest BCUT2D eigenvalue weighted by molar-refractivity contribution is -0.115. The molecule has 0 saturated carbocycles. The number of halogens is 2. The average molecular weight is 343 g/mol. The highest BCUT2D eigenvalue weighted by Crippen LogP contribution is 2.30. The molecule has 0 unspecified atom stereocenters. The third-order valence-electron chi connectivity index (χ3n) is 3.33. The molecule has 0 aliphatic heterocycles.